The van der Waals surface area contributed by atoms with Crippen molar-refractivity contribution in [1.82, 2.24) is 14.4 Å². The summed E-state index contributed by atoms with van der Waals surface area (Å²) < 4.78 is 7.43. The lowest BCUT2D eigenvalue weighted by molar-refractivity contribution is -0.133. The van der Waals surface area contributed by atoms with E-state index < -0.39 is 0 Å². The molecule has 0 aliphatic heterocycles. The minimum atomic E-state index is -0.369. The average Bonchev–Trinajstić information content (AvgIpc) is 3.45. The Bertz CT molecular complexity index is 1070. The van der Waals surface area contributed by atoms with E-state index in [1.165, 1.54) is 4.90 Å². The number of hydrogen-bond donors (Lipinski definition) is 1. The van der Waals surface area contributed by atoms with E-state index in [9.17, 15) is 9.59 Å². The van der Waals surface area contributed by atoms with Crippen LogP contribution >= 0.6 is 23.2 Å². The number of urea groups is 1. The van der Waals surface area contributed by atoms with Crippen LogP contribution < -0.4 is 5.32 Å². The summed E-state index contributed by atoms with van der Waals surface area (Å²) in [5.41, 5.74) is 1.50. The Kier molecular flexibility index (Phi) is 8.86. The number of hydrogen-bond acceptors (Lipinski definition) is 3. The maximum Gasteiger partial charge on any atom is 0.322 e. The van der Waals surface area contributed by atoms with Crippen molar-refractivity contribution in [3.05, 3.63) is 76.4 Å². The molecule has 0 spiro atoms. The summed E-state index contributed by atoms with van der Waals surface area (Å²) in [4.78, 5) is 29.6. The number of benzene rings is 1. The van der Waals surface area contributed by atoms with Crippen LogP contribution in [0.5, 0.6) is 0 Å². The SMILES string of the molecule is CCCCN(CC(=O)N(Cc1ccco1)Cc1cccn1C)C(=O)Nc1ccc(Cl)c(Cl)c1. The Labute approximate surface area is 203 Å². The van der Waals surface area contributed by atoms with Crippen LogP contribution in [-0.4, -0.2) is 39.4 Å². The summed E-state index contributed by atoms with van der Waals surface area (Å²) >= 11 is 12.0. The molecule has 3 amide bonds. The number of amides is 3. The lowest BCUT2D eigenvalue weighted by Gasteiger charge is -2.27. The van der Waals surface area contributed by atoms with E-state index in [0.29, 0.717) is 41.1 Å². The second-order valence-electron chi connectivity index (χ2n) is 7.77. The molecule has 0 radical (unpaired) electrons. The van der Waals surface area contributed by atoms with E-state index in [1.54, 1.807) is 35.4 Å². The zero-order valence-corrected chi connectivity index (χ0v) is 20.3. The van der Waals surface area contributed by atoms with Gasteiger partial charge in [0.25, 0.3) is 0 Å². The van der Waals surface area contributed by atoms with E-state index >= 15 is 0 Å². The molecule has 0 aliphatic carbocycles. The maximum absolute atomic E-state index is 13.4. The number of anilines is 1. The number of halogens is 2. The normalized spacial score (nSPS) is 10.8. The molecule has 3 rings (SSSR count). The fraction of sp³-hybridized carbons (Fsp3) is 0.333. The van der Waals surface area contributed by atoms with Gasteiger partial charge in [-0.1, -0.05) is 36.5 Å². The highest BCUT2D eigenvalue weighted by Gasteiger charge is 2.23. The maximum atomic E-state index is 13.4. The molecule has 9 heteroatoms. The molecule has 176 valence electrons. The van der Waals surface area contributed by atoms with Crippen molar-refractivity contribution < 1.29 is 14.0 Å². The molecule has 0 atom stereocenters. The summed E-state index contributed by atoms with van der Waals surface area (Å²) in [6.45, 7) is 3.15. The number of nitrogens with zero attached hydrogens (tertiary/aromatic N) is 3. The Morgan fingerprint density at radius 3 is 2.52 bits per heavy atom. The molecule has 3 aromatic rings. The topological polar surface area (TPSA) is 70.7 Å². The van der Waals surface area contributed by atoms with Crippen molar-refractivity contribution in [2.45, 2.75) is 32.9 Å². The summed E-state index contributed by atoms with van der Waals surface area (Å²) in [6, 6.07) is 12.0. The Morgan fingerprint density at radius 1 is 1.06 bits per heavy atom. The standard InChI is InChI=1S/C24H28Cl2N4O3/c1-3-4-12-29(24(32)27-18-9-10-21(25)22(26)14-18)17-23(31)30(16-20-8-6-13-33-20)15-19-7-5-11-28(19)2/h5-11,13-14H,3-4,12,15-17H2,1-2H3,(H,27,32). The van der Waals surface area contributed by atoms with Gasteiger partial charge < -0.3 is 24.1 Å². The quantitative estimate of drug-likeness (QED) is 0.391. The van der Waals surface area contributed by atoms with E-state index in [2.05, 4.69) is 5.32 Å². The molecule has 0 saturated carbocycles. The summed E-state index contributed by atoms with van der Waals surface area (Å²) in [5.74, 6) is 0.505. The van der Waals surface area contributed by atoms with Crippen LogP contribution in [0.4, 0.5) is 10.5 Å². The molecule has 0 unspecified atom stereocenters. The zero-order valence-electron chi connectivity index (χ0n) is 18.8. The number of carbonyl (C=O) groups is 2. The van der Waals surface area contributed by atoms with Crippen LogP contribution in [0.1, 0.15) is 31.2 Å². The first-order valence-corrected chi connectivity index (χ1v) is 11.5. The molecule has 2 heterocycles. The zero-order chi connectivity index (χ0) is 23.8. The van der Waals surface area contributed by atoms with Gasteiger partial charge in [-0.15, -0.1) is 0 Å². The predicted molar refractivity (Wildman–Crippen MR) is 130 cm³/mol. The van der Waals surface area contributed by atoms with Crippen LogP contribution in [-0.2, 0) is 24.9 Å². The molecule has 0 saturated heterocycles. The largest absolute Gasteiger partial charge is 0.467 e. The van der Waals surface area contributed by atoms with Crippen molar-refractivity contribution in [3.8, 4) is 0 Å². The van der Waals surface area contributed by atoms with E-state index in [-0.39, 0.29) is 18.5 Å². The predicted octanol–water partition coefficient (Wildman–Crippen LogP) is 5.79. The van der Waals surface area contributed by atoms with Crippen molar-refractivity contribution in [2.24, 2.45) is 7.05 Å². The third kappa shape index (κ3) is 7.04. The second kappa shape index (κ2) is 11.8. The van der Waals surface area contributed by atoms with Crippen LogP contribution in [0.3, 0.4) is 0 Å². The second-order valence-corrected chi connectivity index (χ2v) is 8.59. The molecule has 1 aromatic carbocycles. The number of furan rings is 1. The molecule has 7 nitrogen and oxygen atoms in total. The van der Waals surface area contributed by atoms with Gasteiger partial charge in [0.1, 0.15) is 12.3 Å². The van der Waals surface area contributed by atoms with Gasteiger partial charge in [-0.2, -0.15) is 0 Å². The van der Waals surface area contributed by atoms with Crippen LogP contribution in [0.2, 0.25) is 10.0 Å². The number of unbranched alkanes of at least 4 members (excludes halogenated alkanes) is 1. The third-order valence-corrected chi connectivity index (χ3v) is 5.99. The van der Waals surface area contributed by atoms with Crippen molar-refractivity contribution in [1.29, 1.82) is 0 Å². The third-order valence-electron chi connectivity index (χ3n) is 5.25. The molecule has 2 aromatic heterocycles. The molecule has 33 heavy (non-hydrogen) atoms. The van der Waals surface area contributed by atoms with Gasteiger partial charge >= 0.3 is 6.03 Å². The minimum absolute atomic E-state index is 0.0573. The summed E-state index contributed by atoms with van der Waals surface area (Å²) in [7, 11) is 1.93. The minimum Gasteiger partial charge on any atom is -0.467 e. The van der Waals surface area contributed by atoms with E-state index in [0.717, 1.165) is 18.5 Å². The van der Waals surface area contributed by atoms with E-state index in [1.807, 2.05) is 42.9 Å². The lowest BCUT2D eigenvalue weighted by Crippen LogP contribution is -2.44. The highest BCUT2D eigenvalue weighted by Crippen LogP contribution is 2.25. The molecule has 0 bridgehead atoms. The first kappa shape index (κ1) is 24.7. The molecule has 0 fully saturated rings. The van der Waals surface area contributed by atoms with Crippen molar-refractivity contribution in [3.63, 3.8) is 0 Å². The van der Waals surface area contributed by atoms with Crippen molar-refractivity contribution >= 4 is 40.8 Å². The average molecular weight is 491 g/mol. The number of rotatable bonds is 10. The Balaban J connectivity index is 1.74. The van der Waals surface area contributed by atoms with Gasteiger partial charge in [0.05, 0.1) is 29.4 Å². The summed E-state index contributed by atoms with van der Waals surface area (Å²) in [5, 5.41) is 3.56. The van der Waals surface area contributed by atoms with Gasteiger partial charge in [0.15, 0.2) is 0 Å². The Hall–Kier alpha value is -2.90. The van der Waals surface area contributed by atoms with Gasteiger partial charge in [0, 0.05) is 31.2 Å². The smallest absolute Gasteiger partial charge is 0.322 e. The molecule has 0 aliphatic rings. The molecule has 1 N–H and O–H groups in total. The van der Waals surface area contributed by atoms with Gasteiger partial charge in [-0.05, 0) is 48.9 Å². The van der Waals surface area contributed by atoms with Gasteiger partial charge in [-0.3, -0.25) is 4.79 Å². The number of aromatic nitrogens is 1. The first-order valence-electron chi connectivity index (χ1n) is 10.8. The molecular weight excluding hydrogens is 463 g/mol. The fourth-order valence-electron chi connectivity index (χ4n) is 3.32. The van der Waals surface area contributed by atoms with Crippen LogP contribution in [0.15, 0.2) is 59.3 Å². The van der Waals surface area contributed by atoms with Gasteiger partial charge in [0.2, 0.25) is 5.91 Å². The number of nitrogens with one attached hydrogen (secondary N) is 1. The van der Waals surface area contributed by atoms with E-state index in [4.69, 9.17) is 27.6 Å². The van der Waals surface area contributed by atoms with Crippen LogP contribution in [0.25, 0.3) is 0 Å². The van der Waals surface area contributed by atoms with Crippen molar-refractivity contribution in [2.75, 3.05) is 18.4 Å². The monoisotopic (exact) mass is 490 g/mol. The Morgan fingerprint density at radius 2 is 1.88 bits per heavy atom. The fourth-order valence-corrected chi connectivity index (χ4v) is 3.62. The summed E-state index contributed by atoms with van der Waals surface area (Å²) in [6.07, 6.45) is 5.18. The van der Waals surface area contributed by atoms with Gasteiger partial charge in [-0.25, -0.2) is 4.79 Å². The first-order chi connectivity index (χ1) is 15.9. The highest BCUT2D eigenvalue weighted by atomic mass is 35.5. The highest BCUT2D eigenvalue weighted by molar-refractivity contribution is 6.42. The number of carbonyl (C=O) groups excluding carboxylic acids is 2. The number of aryl methyl sites for hydroxylation is 1. The lowest BCUT2D eigenvalue weighted by atomic mass is 10.3. The molecular formula is C24H28Cl2N4O3. The van der Waals surface area contributed by atoms with Crippen LogP contribution in [0, 0.1) is 0 Å².